The van der Waals surface area contributed by atoms with Crippen LogP contribution in [0.1, 0.15) is 44.9 Å². The first-order chi connectivity index (χ1) is 9.18. The van der Waals surface area contributed by atoms with Crippen molar-refractivity contribution >= 4 is 11.8 Å². The van der Waals surface area contributed by atoms with Gasteiger partial charge in [0.25, 0.3) is 0 Å². The lowest BCUT2D eigenvalue weighted by atomic mass is 9.94. The Kier molecular flexibility index (Phi) is 5.19. The monoisotopic (exact) mass is 267 g/mol. The molecule has 108 valence electrons. The molecule has 2 rings (SSSR count). The number of nitrogens with zero attached hydrogens (tertiary/aromatic N) is 1. The van der Waals surface area contributed by atoms with Gasteiger partial charge in [0.15, 0.2) is 0 Å². The number of carbonyl (C=O) groups is 2. The third-order valence-corrected chi connectivity index (χ3v) is 4.28. The number of nitrogens with two attached hydrogens (primary N) is 1. The molecule has 2 atom stereocenters. The highest BCUT2D eigenvalue weighted by atomic mass is 16.2. The van der Waals surface area contributed by atoms with Gasteiger partial charge in [-0.15, -0.1) is 0 Å². The Hall–Kier alpha value is -1.10. The van der Waals surface area contributed by atoms with E-state index in [-0.39, 0.29) is 30.3 Å². The van der Waals surface area contributed by atoms with Gasteiger partial charge in [0.1, 0.15) is 0 Å². The summed E-state index contributed by atoms with van der Waals surface area (Å²) in [5.74, 6) is -0.121. The standard InChI is InChI=1S/C14H25N3O2/c15-12-7-3-1-2-6-11(12)14(19)16-10-13(18)17-8-4-5-9-17/h11-12H,1-10,15H2,(H,16,19). The Morgan fingerprint density at radius 1 is 1.05 bits per heavy atom. The maximum Gasteiger partial charge on any atom is 0.241 e. The van der Waals surface area contributed by atoms with Gasteiger partial charge in [0.2, 0.25) is 11.8 Å². The average Bonchev–Trinajstić information content (AvgIpc) is 2.85. The van der Waals surface area contributed by atoms with Gasteiger partial charge in [-0.1, -0.05) is 19.3 Å². The molecule has 5 heteroatoms. The molecular weight excluding hydrogens is 242 g/mol. The van der Waals surface area contributed by atoms with Crippen LogP contribution >= 0.6 is 0 Å². The zero-order valence-electron chi connectivity index (χ0n) is 11.6. The number of nitrogens with one attached hydrogen (secondary N) is 1. The number of rotatable bonds is 3. The second kappa shape index (κ2) is 6.89. The van der Waals surface area contributed by atoms with Crippen LogP contribution in [0.4, 0.5) is 0 Å². The molecule has 0 aromatic heterocycles. The van der Waals surface area contributed by atoms with Crippen LogP contribution in [0, 0.1) is 5.92 Å². The molecule has 0 aromatic rings. The quantitative estimate of drug-likeness (QED) is 0.737. The van der Waals surface area contributed by atoms with Crippen LogP contribution in [0.5, 0.6) is 0 Å². The van der Waals surface area contributed by atoms with Crippen molar-refractivity contribution < 1.29 is 9.59 Å². The summed E-state index contributed by atoms with van der Waals surface area (Å²) in [7, 11) is 0. The second-order valence-electron chi connectivity index (χ2n) is 5.71. The predicted molar refractivity (Wildman–Crippen MR) is 73.4 cm³/mol. The summed E-state index contributed by atoms with van der Waals surface area (Å²) in [6.07, 6.45) is 7.25. The fourth-order valence-corrected chi connectivity index (χ4v) is 3.03. The van der Waals surface area contributed by atoms with Crippen molar-refractivity contribution in [2.75, 3.05) is 19.6 Å². The molecule has 1 heterocycles. The van der Waals surface area contributed by atoms with E-state index >= 15 is 0 Å². The SMILES string of the molecule is NC1CCCCCC1C(=O)NCC(=O)N1CCCC1. The van der Waals surface area contributed by atoms with Gasteiger partial charge in [-0.2, -0.15) is 0 Å². The highest BCUT2D eigenvalue weighted by molar-refractivity contribution is 5.86. The number of hydrogen-bond acceptors (Lipinski definition) is 3. The highest BCUT2D eigenvalue weighted by Crippen LogP contribution is 2.22. The molecule has 0 aromatic carbocycles. The van der Waals surface area contributed by atoms with Crippen molar-refractivity contribution in [1.82, 2.24) is 10.2 Å². The Labute approximate surface area is 114 Å². The lowest BCUT2D eigenvalue weighted by Gasteiger charge is -2.21. The normalized spacial score (nSPS) is 27.9. The van der Waals surface area contributed by atoms with Crippen LogP contribution in [0.3, 0.4) is 0 Å². The lowest BCUT2D eigenvalue weighted by Crippen LogP contribution is -2.45. The molecule has 0 bridgehead atoms. The van der Waals surface area contributed by atoms with Crippen LogP contribution in [0.15, 0.2) is 0 Å². The van der Waals surface area contributed by atoms with Crippen molar-refractivity contribution in [1.29, 1.82) is 0 Å². The molecule has 1 aliphatic heterocycles. The summed E-state index contributed by atoms with van der Waals surface area (Å²) in [6, 6.07) is -0.0515. The number of amides is 2. The van der Waals surface area contributed by atoms with Gasteiger partial charge in [-0.3, -0.25) is 9.59 Å². The first kappa shape index (κ1) is 14.3. The van der Waals surface area contributed by atoms with E-state index in [1.54, 1.807) is 0 Å². The lowest BCUT2D eigenvalue weighted by molar-refractivity contribution is -0.133. The molecule has 19 heavy (non-hydrogen) atoms. The summed E-state index contributed by atoms with van der Waals surface area (Å²) >= 11 is 0. The first-order valence-corrected chi connectivity index (χ1v) is 7.49. The molecule has 5 nitrogen and oxygen atoms in total. The number of hydrogen-bond donors (Lipinski definition) is 2. The minimum atomic E-state index is -0.117. The second-order valence-corrected chi connectivity index (χ2v) is 5.71. The number of likely N-dealkylation sites (tertiary alicyclic amines) is 1. The molecule has 1 saturated heterocycles. The van der Waals surface area contributed by atoms with E-state index in [1.807, 2.05) is 4.90 Å². The van der Waals surface area contributed by atoms with Crippen LogP contribution in [0.2, 0.25) is 0 Å². The van der Waals surface area contributed by atoms with Crippen molar-refractivity contribution in [2.45, 2.75) is 51.0 Å². The van der Waals surface area contributed by atoms with Gasteiger partial charge >= 0.3 is 0 Å². The minimum Gasteiger partial charge on any atom is -0.347 e. The summed E-state index contributed by atoms with van der Waals surface area (Å²) in [6.45, 7) is 1.79. The Balaban J connectivity index is 1.77. The Morgan fingerprint density at radius 3 is 2.47 bits per heavy atom. The third kappa shape index (κ3) is 3.93. The summed E-state index contributed by atoms with van der Waals surface area (Å²) in [5.41, 5.74) is 6.05. The fourth-order valence-electron chi connectivity index (χ4n) is 3.03. The molecule has 1 saturated carbocycles. The third-order valence-electron chi connectivity index (χ3n) is 4.28. The van der Waals surface area contributed by atoms with E-state index < -0.39 is 0 Å². The van der Waals surface area contributed by atoms with Crippen LogP contribution in [-0.2, 0) is 9.59 Å². The molecule has 3 N–H and O–H groups in total. The largest absolute Gasteiger partial charge is 0.347 e. The molecule has 2 fully saturated rings. The molecule has 0 radical (unpaired) electrons. The van der Waals surface area contributed by atoms with E-state index in [2.05, 4.69) is 5.32 Å². The topological polar surface area (TPSA) is 75.4 Å². The van der Waals surface area contributed by atoms with E-state index in [9.17, 15) is 9.59 Å². The van der Waals surface area contributed by atoms with Gasteiger partial charge in [-0.05, 0) is 25.7 Å². The number of carbonyl (C=O) groups excluding carboxylic acids is 2. The molecule has 2 aliphatic rings. The van der Waals surface area contributed by atoms with Gasteiger partial charge in [-0.25, -0.2) is 0 Å². The van der Waals surface area contributed by atoms with Crippen LogP contribution < -0.4 is 11.1 Å². The predicted octanol–water partition coefficient (Wildman–Crippen LogP) is 0.633. The van der Waals surface area contributed by atoms with E-state index in [0.29, 0.717) is 0 Å². The van der Waals surface area contributed by atoms with Gasteiger partial charge in [0.05, 0.1) is 12.5 Å². The molecule has 1 aliphatic carbocycles. The fraction of sp³-hybridized carbons (Fsp3) is 0.857. The van der Waals surface area contributed by atoms with Crippen molar-refractivity contribution in [3.05, 3.63) is 0 Å². The van der Waals surface area contributed by atoms with Gasteiger partial charge in [0, 0.05) is 19.1 Å². The summed E-state index contributed by atoms with van der Waals surface area (Å²) in [5, 5.41) is 2.78. The maximum absolute atomic E-state index is 12.1. The highest BCUT2D eigenvalue weighted by Gasteiger charge is 2.27. The molecule has 2 amide bonds. The summed E-state index contributed by atoms with van der Waals surface area (Å²) < 4.78 is 0. The van der Waals surface area contributed by atoms with E-state index in [4.69, 9.17) is 5.73 Å². The smallest absolute Gasteiger partial charge is 0.241 e. The van der Waals surface area contributed by atoms with E-state index in [1.165, 1.54) is 0 Å². The minimum absolute atomic E-state index is 0.0352. The average molecular weight is 267 g/mol. The van der Waals surface area contributed by atoms with Crippen LogP contribution in [0.25, 0.3) is 0 Å². The molecule has 0 spiro atoms. The zero-order valence-corrected chi connectivity index (χ0v) is 11.6. The van der Waals surface area contributed by atoms with Crippen LogP contribution in [-0.4, -0.2) is 42.4 Å². The van der Waals surface area contributed by atoms with Gasteiger partial charge < -0.3 is 16.0 Å². The Morgan fingerprint density at radius 2 is 1.74 bits per heavy atom. The Bertz CT molecular complexity index is 327. The summed E-state index contributed by atoms with van der Waals surface area (Å²) in [4.78, 5) is 25.8. The zero-order chi connectivity index (χ0) is 13.7. The molecule has 2 unspecified atom stereocenters. The molecular formula is C14H25N3O2. The van der Waals surface area contributed by atoms with Crippen molar-refractivity contribution in [3.8, 4) is 0 Å². The first-order valence-electron chi connectivity index (χ1n) is 7.49. The van der Waals surface area contributed by atoms with E-state index in [0.717, 1.165) is 58.0 Å². The maximum atomic E-state index is 12.1. The van der Waals surface area contributed by atoms with Crippen molar-refractivity contribution in [3.63, 3.8) is 0 Å². The van der Waals surface area contributed by atoms with Crippen molar-refractivity contribution in [2.24, 2.45) is 11.7 Å².